The molecular formula is C17H27N3O3. The zero-order chi connectivity index (χ0) is 16.7. The average Bonchev–Trinajstić information content (AvgIpc) is 2.59. The van der Waals surface area contributed by atoms with Crippen LogP contribution in [0.3, 0.4) is 0 Å². The maximum absolute atomic E-state index is 11.0. The van der Waals surface area contributed by atoms with Crippen LogP contribution in [-0.2, 0) is 4.74 Å². The summed E-state index contributed by atoms with van der Waals surface area (Å²) in [6.07, 6.45) is 1.13. The summed E-state index contributed by atoms with van der Waals surface area (Å²) < 4.78 is 4.52. The number of aliphatic hydroxyl groups excluding tert-OH is 1. The number of alkyl carbamates (subject to hydrolysis) is 1. The number of methoxy groups -OCH3 is 1. The van der Waals surface area contributed by atoms with Crippen LogP contribution in [0.15, 0.2) is 24.3 Å². The summed E-state index contributed by atoms with van der Waals surface area (Å²) in [5, 5.41) is 15.6. The Balaban J connectivity index is 1.78. The maximum atomic E-state index is 11.0. The molecule has 1 unspecified atom stereocenters. The van der Waals surface area contributed by atoms with Gasteiger partial charge in [-0.1, -0.05) is 12.1 Å². The number of piperidine rings is 1. The third kappa shape index (κ3) is 5.41. The minimum Gasteiger partial charge on any atom is -0.453 e. The van der Waals surface area contributed by atoms with Gasteiger partial charge in [-0.05, 0) is 37.5 Å². The summed E-state index contributed by atoms with van der Waals surface area (Å²) in [6.45, 7) is 5.14. The standard InChI is InChI=1S/C17H27N3O3/c1-13(18-9-10-19-17(22)23-2)14-3-5-15(6-4-14)20-11-7-16(21)8-12-20/h3-6,13,16,18,21H,7-12H2,1-2H3,(H,19,22). The number of ether oxygens (including phenoxy) is 1. The SMILES string of the molecule is COC(=O)NCCNC(C)c1ccc(N2CCC(O)CC2)cc1. The molecule has 0 saturated carbocycles. The molecule has 1 aliphatic heterocycles. The number of aliphatic hydroxyl groups is 1. The van der Waals surface area contributed by atoms with E-state index < -0.39 is 6.09 Å². The third-order valence-electron chi connectivity index (χ3n) is 4.25. The van der Waals surface area contributed by atoms with Crippen molar-refractivity contribution < 1.29 is 14.6 Å². The predicted octanol–water partition coefficient (Wildman–Crippen LogP) is 1.65. The van der Waals surface area contributed by atoms with Gasteiger partial charge in [0.15, 0.2) is 0 Å². The topological polar surface area (TPSA) is 73.8 Å². The Morgan fingerprint density at radius 2 is 1.96 bits per heavy atom. The highest BCUT2D eigenvalue weighted by atomic mass is 16.5. The molecule has 3 N–H and O–H groups in total. The van der Waals surface area contributed by atoms with Crippen molar-refractivity contribution in [1.82, 2.24) is 10.6 Å². The largest absolute Gasteiger partial charge is 0.453 e. The Kier molecular flexibility index (Phi) is 6.67. The summed E-state index contributed by atoms with van der Waals surface area (Å²) in [4.78, 5) is 13.3. The van der Waals surface area contributed by atoms with Gasteiger partial charge in [-0.25, -0.2) is 4.79 Å². The van der Waals surface area contributed by atoms with Crippen LogP contribution in [0, 0.1) is 0 Å². The van der Waals surface area contributed by atoms with Crippen LogP contribution in [0.2, 0.25) is 0 Å². The molecule has 0 aliphatic carbocycles. The normalized spacial score (nSPS) is 16.9. The van der Waals surface area contributed by atoms with Gasteiger partial charge >= 0.3 is 6.09 Å². The second-order valence-corrected chi connectivity index (χ2v) is 5.90. The van der Waals surface area contributed by atoms with E-state index in [-0.39, 0.29) is 12.1 Å². The molecule has 1 aliphatic rings. The first-order valence-corrected chi connectivity index (χ1v) is 8.18. The van der Waals surface area contributed by atoms with E-state index in [4.69, 9.17) is 0 Å². The van der Waals surface area contributed by atoms with E-state index in [1.807, 2.05) is 0 Å². The second-order valence-electron chi connectivity index (χ2n) is 5.90. The molecule has 0 aromatic heterocycles. The number of carbonyl (C=O) groups is 1. The van der Waals surface area contributed by atoms with Crippen molar-refractivity contribution in [2.75, 3.05) is 38.2 Å². The highest BCUT2D eigenvalue weighted by Crippen LogP contribution is 2.22. The average molecular weight is 321 g/mol. The zero-order valence-electron chi connectivity index (χ0n) is 13.9. The number of hydrogen-bond acceptors (Lipinski definition) is 5. The van der Waals surface area contributed by atoms with Gasteiger partial charge in [0.05, 0.1) is 13.2 Å². The van der Waals surface area contributed by atoms with Crippen molar-refractivity contribution >= 4 is 11.8 Å². The van der Waals surface area contributed by atoms with E-state index in [1.165, 1.54) is 18.4 Å². The lowest BCUT2D eigenvalue weighted by atomic mass is 10.0. The Hall–Kier alpha value is -1.79. The monoisotopic (exact) mass is 321 g/mol. The molecule has 6 heteroatoms. The molecule has 6 nitrogen and oxygen atoms in total. The van der Waals surface area contributed by atoms with Crippen molar-refractivity contribution in [3.05, 3.63) is 29.8 Å². The summed E-state index contributed by atoms with van der Waals surface area (Å²) in [5.41, 5.74) is 2.42. The van der Waals surface area contributed by atoms with E-state index in [9.17, 15) is 9.90 Å². The van der Waals surface area contributed by atoms with Crippen LogP contribution in [0.4, 0.5) is 10.5 Å². The van der Waals surface area contributed by atoms with Crippen molar-refractivity contribution in [1.29, 1.82) is 0 Å². The molecular weight excluding hydrogens is 294 g/mol. The number of hydrogen-bond donors (Lipinski definition) is 3. The predicted molar refractivity (Wildman–Crippen MR) is 90.7 cm³/mol. The lowest BCUT2D eigenvalue weighted by Crippen LogP contribution is -2.35. The summed E-state index contributed by atoms with van der Waals surface area (Å²) in [5.74, 6) is 0. The lowest BCUT2D eigenvalue weighted by Gasteiger charge is -2.31. The molecule has 1 heterocycles. The number of amides is 1. The Morgan fingerprint density at radius 3 is 2.57 bits per heavy atom. The minimum absolute atomic E-state index is 0.145. The molecule has 1 saturated heterocycles. The molecule has 2 rings (SSSR count). The first-order valence-electron chi connectivity index (χ1n) is 8.18. The lowest BCUT2D eigenvalue weighted by molar-refractivity contribution is 0.145. The fourth-order valence-electron chi connectivity index (χ4n) is 2.74. The fourth-order valence-corrected chi connectivity index (χ4v) is 2.74. The quantitative estimate of drug-likeness (QED) is 0.695. The highest BCUT2D eigenvalue weighted by molar-refractivity contribution is 5.66. The molecule has 0 spiro atoms. The first-order chi connectivity index (χ1) is 11.1. The smallest absolute Gasteiger partial charge is 0.406 e. The van der Waals surface area contributed by atoms with Gasteiger partial charge in [-0.15, -0.1) is 0 Å². The van der Waals surface area contributed by atoms with Gasteiger partial charge < -0.3 is 25.4 Å². The second kappa shape index (κ2) is 8.74. The van der Waals surface area contributed by atoms with Crippen molar-refractivity contribution in [3.63, 3.8) is 0 Å². The molecule has 1 aromatic rings. The van der Waals surface area contributed by atoms with Crippen LogP contribution < -0.4 is 15.5 Å². The fraction of sp³-hybridized carbons (Fsp3) is 0.588. The van der Waals surface area contributed by atoms with Crippen LogP contribution in [0.1, 0.15) is 31.4 Å². The number of rotatable bonds is 6. The van der Waals surface area contributed by atoms with Crippen molar-refractivity contribution in [2.45, 2.75) is 31.9 Å². The molecule has 1 atom stereocenters. The number of carbonyl (C=O) groups excluding carboxylic acids is 1. The zero-order valence-corrected chi connectivity index (χ0v) is 13.9. The van der Waals surface area contributed by atoms with E-state index in [0.29, 0.717) is 13.1 Å². The molecule has 0 radical (unpaired) electrons. The number of nitrogens with zero attached hydrogens (tertiary/aromatic N) is 1. The van der Waals surface area contributed by atoms with Gasteiger partial charge in [0.2, 0.25) is 0 Å². The minimum atomic E-state index is -0.407. The van der Waals surface area contributed by atoms with Crippen molar-refractivity contribution in [2.24, 2.45) is 0 Å². The van der Waals surface area contributed by atoms with Gasteiger partial charge in [0, 0.05) is 37.9 Å². The van der Waals surface area contributed by atoms with E-state index in [2.05, 4.69) is 51.5 Å². The Bertz CT molecular complexity index is 484. The number of benzene rings is 1. The highest BCUT2D eigenvalue weighted by Gasteiger charge is 2.17. The molecule has 1 fully saturated rings. The molecule has 1 amide bonds. The van der Waals surface area contributed by atoms with Gasteiger partial charge in [-0.3, -0.25) is 0 Å². The Morgan fingerprint density at radius 1 is 1.30 bits per heavy atom. The van der Waals surface area contributed by atoms with E-state index >= 15 is 0 Å². The Labute approximate surface area is 137 Å². The van der Waals surface area contributed by atoms with Crippen LogP contribution in [0.25, 0.3) is 0 Å². The first kappa shape index (κ1) is 17.6. The van der Waals surface area contributed by atoms with Crippen molar-refractivity contribution in [3.8, 4) is 0 Å². The molecule has 1 aromatic carbocycles. The van der Waals surface area contributed by atoms with Crippen LogP contribution in [-0.4, -0.2) is 50.6 Å². The summed E-state index contributed by atoms with van der Waals surface area (Å²) >= 11 is 0. The van der Waals surface area contributed by atoms with E-state index in [0.717, 1.165) is 25.9 Å². The van der Waals surface area contributed by atoms with Gasteiger partial charge in [-0.2, -0.15) is 0 Å². The molecule has 0 bridgehead atoms. The number of anilines is 1. The maximum Gasteiger partial charge on any atom is 0.406 e. The van der Waals surface area contributed by atoms with Gasteiger partial charge in [0.25, 0.3) is 0 Å². The number of nitrogens with one attached hydrogen (secondary N) is 2. The molecule has 128 valence electrons. The summed E-state index contributed by atoms with van der Waals surface area (Å²) in [7, 11) is 1.36. The molecule has 23 heavy (non-hydrogen) atoms. The van der Waals surface area contributed by atoms with E-state index in [1.54, 1.807) is 0 Å². The summed E-state index contributed by atoms with van der Waals surface area (Å²) in [6, 6.07) is 8.75. The van der Waals surface area contributed by atoms with Gasteiger partial charge in [0.1, 0.15) is 0 Å². The third-order valence-corrected chi connectivity index (χ3v) is 4.25. The van der Waals surface area contributed by atoms with Crippen LogP contribution in [0.5, 0.6) is 0 Å². The van der Waals surface area contributed by atoms with Crippen LogP contribution >= 0.6 is 0 Å².